The SMILES string of the molecule is CCC(C)NC(=O)/C=C/c1cccc(OCc2ccccc2)c1. The van der Waals surface area contributed by atoms with Crippen LogP contribution >= 0.6 is 0 Å². The molecule has 0 aliphatic rings. The first-order chi connectivity index (χ1) is 11.2. The average molecular weight is 309 g/mol. The van der Waals surface area contributed by atoms with Crippen molar-refractivity contribution in [2.24, 2.45) is 0 Å². The molecule has 1 amide bonds. The standard InChI is InChI=1S/C20H23NO2/c1-3-16(2)21-20(22)13-12-17-10-7-11-19(14-17)23-15-18-8-5-4-6-9-18/h4-14,16H,3,15H2,1-2H3,(H,21,22)/b13-12+. The Balaban J connectivity index is 1.93. The quantitative estimate of drug-likeness (QED) is 0.779. The van der Waals surface area contributed by atoms with Crippen LogP contribution in [0.25, 0.3) is 6.08 Å². The molecule has 2 rings (SSSR count). The van der Waals surface area contributed by atoms with Crippen molar-refractivity contribution >= 4 is 12.0 Å². The molecular formula is C20H23NO2. The van der Waals surface area contributed by atoms with Crippen molar-refractivity contribution in [1.82, 2.24) is 5.32 Å². The number of hydrogen-bond donors (Lipinski definition) is 1. The summed E-state index contributed by atoms with van der Waals surface area (Å²) in [7, 11) is 0. The topological polar surface area (TPSA) is 38.3 Å². The fourth-order valence-electron chi connectivity index (χ4n) is 2.01. The van der Waals surface area contributed by atoms with Crippen molar-refractivity contribution in [3.63, 3.8) is 0 Å². The summed E-state index contributed by atoms with van der Waals surface area (Å²) in [6.45, 7) is 4.56. The van der Waals surface area contributed by atoms with Gasteiger partial charge in [0, 0.05) is 12.1 Å². The van der Waals surface area contributed by atoms with Crippen molar-refractivity contribution in [2.45, 2.75) is 32.9 Å². The van der Waals surface area contributed by atoms with Crippen LogP contribution in [0.5, 0.6) is 5.75 Å². The van der Waals surface area contributed by atoms with Crippen LogP contribution in [0.3, 0.4) is 0 Å². The molecule has 120 valence electrons. The summed E-state index contributed by atoms with van der Waals surface area (Å²) in [6.07, 6.45) is 4.28. The molecule has 3 heteroatoms. The number of hydrogen-bond acceptors (Lipinski definition) is 2. The van der Waals surface area contributed by atoms with Crippen LogP contribution in [0.15, 0.2) is 60.7 Å². The van der Waals surface area contributed by atoms with Crippen LogP contribution < -0.4 is 10.1 Å². The molecule has 0 fully saturated rings. The second kappa shape index (κ2) is 8.79. The number of nitrogens with one attached hydrogen (secondary N) is 1. The Morgan fingerprint density at radius 3 is 2.70 bits per heavy atom. The van der Waals surface area contributed by atoms with E-state index in [0.717, 1.165) is 23.3 Å². The Labute approximate surface area is 138 Å². The Morgan fingerprint density at radius 1 is 1.17 bits per heavy atom. The lowest BCUT2D eigenvalue weighted by Crippen LogP contribution is -2.30. The van der Waals surface area contributed by atoms with Gasteiger partial charge < -0.3 is 10.1 Å². The minimum absolute atomic E-state index is 0.0741. The first-order valence-corrected chi connectivity index (χ1v) is 7.92. The van der Waals surface area contributed by atoms with Gasteiger partial charge in [-0.15, -0.1) is 0 Å². The van der Waals surface area contributed by atoms with E-state index in [1.807, 2.05) is 68.4 Å². The molecule has 1 N–H and O–H groups in total. The smallest absolute Gasteiger partial charge is 0.244 e. The lowest BCUT2D eigenvalue weighted by atomic mass is 10.2. The summed E-state index contributed by atoms with van der Waals surface area (Å²) in [5.74, 6) is 0.716. The van der Waals surface area contributed by atoms with Gasteiger partial charge in [0.25, 0.3) is 0 Å². The van der Waals surface area contributed by atoms with E-state index in [2.05, 4.69) is 5.32 Å². The Hall–Kier alpha value is -2.55. The van der Waals surface area contributed by atoms with Gasteiger partial charge in [-0.25, -0.2) is 0 Å². The van der Waals surface area contributed by atoms with Gasteiger partial charge in [0.2, 0.25) is 5.91 Å². The van der Waals surface area contributed by atoms with E-state index in [1.165, 1.54) is 0 Å². The largest absolute Gasteiger partial charge is 0.489 e. The van der Waals surface area contributed by atoms with Crippen LogP contribution in [-0.2, 0) is 11.4 Å². The summed E-state index contributed by atoms with van der Waals surface area (Å²) < 4.78 is 5.79. The summed E-state index contributed by atoms with van der Waals surface area (Å²) in [4.78, 5) is 11.8. The predicted octanol–water partition coefficient (Wildman–Crippen LogP) is 4.19. The molecule has 0 saturated carbocycles. The molecule has 23 heavy (non-hydrogen) atoms. The van der Waals surface area contributed by atoms with Crippen LogP contribution in [-0.4, -0.2) is 11.9 Å². The highest BCUT2D eigenvalue weighted by atomic mass is 16.5. The highest BCUT2D eigenvalue weighted by Crippen LogP contribution is 2.16. The van der Waals surface area contributed by atoms with E-state index in [-0.39, 0.29) is 11.9 Å². The maximum absolute atomic E-state index is 11.8. The number of carbonyl (C=O) groups excluding carboxylic acids is 1. The molecule has 2 aromatic rings. The molecule has 3 nitrogen and oxygen atoms in total. The Morgan fingerprint density at radius 2 is 1.96 bits per heavy atom. The monoisotopic (exact) mass is 309 g/mol. The molecule has 0 saturated heterocycles. The number of carbonyl (C=O) groups is 1. The van der Waals surface area contributed by atoms with Crippen molar-refractivity contribution in [3.8, 4) is 5.75 Å². The summed E-state index contributed by atoms with van der Waals surface area (Å²) in [5.41, 5.74) is 2.07. The molecule has 2 aromatic carbocycles. The van der Waals surface area contributed by atoms with E-state index >= 15 is 0 Å². The predicted molar refractivity (Wildman–Crippen MR) is 94.1 cm³/mol. The second-order valence-electron chi connectivity index (χ2n) is 5.50. The first-order valence-electron chi connectivity index (χ1n) is 7.92. The van der Waals surface area contributed by atoms with Crippen LogP contribution in [0, 0.1) is 0 Å². The van der Waals surface area contributed by atoms with E-state index in [0.29, 0.717) is 6.61 Å². The zero-order valence-corrected chi connectivity index (χ0v) is 13.7. The molecule has 0 heterocycles. The van der Waals surface area contributed by atoms with E-state index < -0.39 is 0 Å². The number of benzene rings is 2. The molecule has 1 unspecified atom stereocenters. The third-order valence-electron chi connectivity index (χ3n) is 3.53. The normalized spacial score (nSPS) is 12.1. The third kappa shape index (κ3) is 5.99. The minimum Gasteiger partial charge on any atom is -0.489 e. The van der Waals surface area contributed by atoms with Gasteiger partial charge in [0.05, 0.1) is 0 Å². The fourth-order valence-corrected chi connectivity index (χ4v) is 2.01. The van der Waals surface area contributed by atoms with Crippen molar-refractivity contribution < 1.29 is 9.53 Å². The Kier molecular flexibility index (Phi) is 6.42. The van der Waals surface area contributed by atoms with Gasteiger partial charge in [-0.05, 0) is 42.7 Å². The molecular weight excluding hydrogens is 286 g/mol. The summed E-state index contributed by atoms with van der Waals surface area (Å²) >= 11 is 0. The van der Waals surface area contributed by atoms with Crippen molar-refractivity contribution in [2.75, 3.05) is 0 Å². The number of amides is 1. The third-order valence-corrected chi connectivity index (χ3v) is 3.53. The molecule has 0 spiro atoms. The van der Waals surface area contributed by atoms with Gasteiger partial charge >= 0.3 is 0 Å². The van der Waals surface area contributed by atoms with Gasteiger partial charge in [0.1, 0.15) is 12.4 Å². The lowest BCUT2D eigenvalue weighted by Gasteiger charge is -2.09. The number of ether oxygens (including phenoxy) is 1. The Bertz CT molecular complexity index is 650. The fraction of sp³-hybridized carbons (Fsp3) is 0.250. The zero-order valence-electron chi connectivity index (χ0n) is 13.7. The van der Waals surface area contributed by atoms with Crippen LogP contribution in [0.4, 0.5) is 0 Å². The molecule has 0 bridgehead atoms. The molecule has 1 atom stereocenters. The van der Waals surface area contributed by atoms with E-state index in [1.54, 1.807) is 12.2 Å². The minimum atomic E-state index is -0.0741. The van der Waals surface area contributed by atoms with Crippen molar-refractivity contribution in [1.29, 1.82) is 0 Å². The average Bonchev–Trinajstić information content (AvgIpc) is 2.59. The zero-order chi connectivity index (χ0) is 16.5. The van der Waals surface area contributed by atoms with Crippen LogP contribution in [0.2, 0.25) is 0 Å². The van der Waals surface area contributed by atoms with E-state index in [4.69, 9.17) is 4.74 Å². The highest BCUT2D eigenvalue weighted by Gasteiger charge is 2.01. The molecule has 0 aromatic heterocycles. The molecule has 0 radical (unpaired) electrons. The molecule has 0 aliphatic heterocycles. The van der Waals surface area contributed by atoms with E-state index in [9.17, 15) is 4.79 Å². The molecule has 0 aliphatic carbocycles. The summed E-state index contributed by atoms with van der Waals surface area (Å²) in [6, 6.07) is 17.9. The maximum Gasteiger partial charge on any atom is 0.244 e. The van der Waals surface area contributed by atoms with Gasteiger partial charge in [-0.1, -0.05) is 49.4 Å². The van der Waals surface area contributed by atoms with Crippen molar-refractivity contribution in [3.05, 3.63) is 71.8 Å². The van der Waals surface area contributed by atoms with Gasteiger partial charge in [0.15, 0.2) is 0 Å². The van der Waals surface area contributed by atoms with Gasteiger partial charge in [-0.3, -0.25) is 4.79 Å². The maximum atomic E-state index is 11.8. The van der Waals surface area contributed by atoms with Gasteiger partial charge in [-0.2, -0.15) is 0 Å². The van der Waals surface area contributed by atoms with Crippen LogP contribution in [0.1, 0.15) is 31.4 Å². The highest BCUT2D eigenvalue weighted by molar-refractivity contribution is 5.91. The summed E-state index contributed by atoms with van der Waals surface area (Å²) in [5, 5.41) is 2.90. The lowest BCUT2D eigenvalue weighted by molar-refractivity contribution is -0.117. The first kappa shape index (κ1) is 16.8. The number of rotatable bonds is 7. The second-order valence-corrected chi connectivity index (χ2v) is 5.50.